The number of benzene rings is 1. The van der Waals surface area contributed by atoms with E-state index in [2.05, 4.69) is 27.3 Å². The first-order valence-corrected chi connectivity index (χ1v) is 9.14. The summed E-state index contributed by atoms with van der Waals surface area (Å²) in [7, 11) is 0. The van der Waals surface area contributed by atoms with Gasteiger partial charge in [0.15, 0.2) is 0 Å². The Balaban J connectivity index is 1.31. The summed E-state index contributed by atoms with van der Waals surface area (Å²) in [5, 5.41) is 3.78. The fourth-order valence-electron chi connectivity index (χ4n) is 4.03. The van der Waals surface area contributed by atoms with E-state index in [1.165, 1.54) is 45.1 Å². The number of halogens is 1. The van der Waals surface area contributed by atoms with Crippen LogP contribution < -0.4 is 10.1 Å². The van der Waals surface area contributed by atoms with Crippen LogP contribution in [0.2, 0.25) is 0 Å². The molecule has 0 bridgehead atoms. The number of fused-ring (bicyclic) bond motifs is 1. The minimum atomic E-state index is 0.516. The van der Waals surface area contributed by atoms with Crippen molar-refractivity contribution in [1.82, 2.24) is 5.32 Å². The van der Waals surface area contributed by atoms with Gasteiger partial charge in [-0.2, -0.15) is 0 Å². The van der Waals surface area contributed by atoms with Crippen molar-refractivity contribution in [3.63, 3.8) is 0 Å². The van der Waals surface area contributed by atoms with Crippen LogP contribution in [0.25, 0.3) is 0 Å². The topological polar surface area (TPSA) is 21.3 Å². The van der Waals surface area contributed by atoms with Crippen LogP contribution in [0.1, 0.15) is 38.5 Å². The smallest absolute Gasteiger partial charge is 0.120 e. The Hall–Kier alpha value is -0.540. The zero-order chi connectivity index (χ0) is 14.3. The minimum absolute atomic E-state index is 0.516. The van der Waals surface area contributed by atoms with Gasteiger partial charge in [-0.25, -0.2) is 0 Å². The van der Waals surface area contributed by atoms with Crippen LogP contribution in [0.15, 0.2) is 28.7 Å². The lowest BCUT2D eigenvalue weighted by molar-refractivity contribution is 0.176. The molecular weight excluding hydrogens is 326 g/mol. The van der Waals surface area contributed by atoms with Gasteiger partial charge in [-0.15, -0.1) is 0 Å². The quantitative estimate of drug-likeness (QED) is 0.788. The minimum Gasteiger partial charge on any atom is -0.494 e. The number of hydrogen-bond donors (Lipinski definition) is 1. The third-order valence-corrected chi connectivity index (χ3v) is 5.99. The normalized spacial score (nSPS) is 33.8. The molecule has 2 nitrogen and oxygen atoms in total. The van der Waals surface area contributed by atoms with E-state index in [0.717, 1.165) is 34.7 Å². The second-order valence-corrected chi connectivity index (χ2v) is 8.29. The maximum atomic E-state index is 5.99. The van der Waals surface area contributed by atoms with E-state index in [1.807, 2.05) is 18.2 Å². The van der Waals surface area contributed by atoms with E-state index < -0.39 is 0 Å². The average molecular weight is 350 g/mol. The summed E-state index contributed by atoms with van der Waals surface area (Å²) in [5.74, 6) is 3.06. The molecule has 4 rings (SSSR count). The first-order chi connectivity index (χ1) is 10.2. The number of nitrogens with one attached hydrogen (secondary N) is 1. The standard InChI is InChI=1S/C18H24BrNO/c19-15-2-1-3-17(9-15)21-7-6-18(12-20-16-4-5-16)10-13-8-14(13)11-18/h1-3,9,13-14,16,20H,4-8,10-12H2. The molecule has 1 N–H and O–H groups in total. The molecule has 3 aliphatic carbocycles. The molecule has 3 heteroatoms. The predicted molar refractivity (Wildman–Crippen MR) is 88.5 cm³/mol. The second kappa shape index (κ2) is 5.58. The first kappa shape index (κ1) is 14.1. The van der Waals surface area contributed by atoms with Crippen molar-refractivity contribution >= 4 is 15.9 Å². The summed E-state index contributed by atoms with van der Waals surface area (Å²) < 4.78 is 7.08. The Kier molecular flexibility index (Phi) is 3.74. The molecule has 0 aromatic heterocycles. The molecule has 3 aliphatic rings. The lowest BCUT2D eigenvalue weighted by atomic mass is 9.80. The molecule has 3 saturated carbocycles. The Bertz CT molecular complexity index is 504. The van der Waals surface area contributed by atoms with E-state index in [9.17, 15) is 0 Å². The van der Waals surface area contributed by atoms with E-state index >= 15 is 0 Å². The summed E-state index contributed by atoms with van der Waals surface area (Å²) in [4.78, 5) is 0. The van der Waals surface area contributed by atoms with Crippen molar-refractivity contribution < 1.29 is 4.74 Å². The monoisotopic (exact) mass is 349 g/mol. The molecule has 114 valence electrons. The van der Waals surface area contributed by atoms with Gasteiger partial charge in [0.1, 0.15) is 5.75 Å². The van der Waals surface area contributed by atoms with Crippen LogP contribution in [0.5, 0.6) is 5.75 Å². The highest BCUT2D eigenvalue weighted by atomic mass is 79.9. The van der Waals surface area contributed by atoms with Crippen LogP contribution in [0, 0.1) is 17.3 Å². The highest BCUT2D eigenvalue weighted by molar-refractivity contribution is 9.10. The second-order valence-electron chi connectivity index (χ2n) is 7.38. The predicted octanol–water partition coefficient (Wildman–Crippen LogP) is 4.39. The third kappa shape index (κ3) is 3.45. The van der Waals surface area contributed by atoms with Crippen LogP contribution in [-0.2, 0) is 0 Å². The lowest BCUT2D eigenvalue weighted by Gasteiger charge is -2.31. The van der Waals surface area contributed by atoms with Gasteiger partial charge in [0, 0.05) is 17.1 Å². The third-order valence-electron chi connectivity index (χ3n) is 5.50. The van der Waals surface area contributed by atoms with Crippen LogP contribution in [0.3, 0.4) is 0 Å². The average Bonchev–Trinajstić information content (AvgIpc) is 3.37. The Morgan fingerprint density at radius 1 is 1.24 bits per heavy atom. The molecule has 0 amide bonds. The Morgan fingerprint density at radius 3 is 2.76 bits per heavy atom. The SMILES string of the molecule is Brc1cccc(OCCC2(CNC3CC3)CC3CC3C2)c1. The van der Waals surface area contributed by atoms with E-state index in [-0.39, 0.29) is 0 Å². The van der Waals surface area contributed by atoms with Gasteiger partial charge < -0.3 is 10.1 Å². The van der Waals surface area contributed by atoms with Gasteiger partial charge in [-0.1, -0.05) is 22.0 Å². The molecule has 0 spiro atoms. The maximum Gasteiger partial charge on any atom is 0.120 e. The number of ether oxygens (including phenoxy) is 1. The molecule has 21 heavy (non-hydrogen) atoms. The van der Waals surface area contributed by atoms with Gasteiger partial charge in [0.05, 0.1) is 6.61 Å². The van der Waals surface area contributed by atoms with Crippen LogP contribution in [-0.4, -0.2) is 19.2 Å². The van der Waals surface area contributed by atoms with Gasteiger partial charge in [0.25, 0.3) is 0 Å². The van der Waals surface area contributed by atoms with Gasteiger partial charge in [-0.05, 0) is 74.0 Å². The van der Waals surface area contributed by atoms with Gasteiger partial charge in [-0.3, -0.25) is 0 Å². The molecule has 2 unspecified atom stereocenters. The number of rotatable bonds is 7. The van der Waals surface area contributed by atoms with Crippen LogP contribution in [0.4, 0.5) is 0 Å². The van der Waals surface area contributed by atoms with E-state index in [1.54, 1.807) is 0 Å². The lowest BCUT2D eigenvalue weighted by Crippen LogP contribution is -2.35. The van der Waals surface area contributed by atoms with Crippen molar-refractivity contribution in [3.8, 4) is 5.75 Å². The van der Waals surface area contributed by atoms with Crippen molar-refractivity contribution in [2.45, 2.75) is 44.6 Å². The van der Waals surface area contributed by atoms with Crippen molar-refractivity contribution in [1.29, 1.82) is 0 Å². The molecule has 2 atom stereocenters. The first-order valence-electron chi connectivity index (χ1n) is 8.34. The zero-order valence-electron chi connectivity index (χ0n) is 12.5. The molecular formula is C18H24BrNO. The van der Waals surface area contributed by atoms with E-state index in [0.29, 0.717) is 5.41 Å². The fourth-order valence-corrected chi connectivity index (χ4v) is 4.41. The van der Waals surface area contributed by atoms with Gasteiger partial charge in [0.2, 0.25) is 0 Å². The van der Waals surface area contributed by atoms with Crippen LogP contribution >= 0.6 is 15.9 Å². The molecule has 1 aromatic rings. The molecule has 0 radical (unpaired) electrons. The molecule has 0 saturated heterocycles. The summed E-state index contributed by atoms with van der Waals surface area (Å²) in [6, 6.07) is 9.00. The molecule has 0 heterocycles. The Labute approximate surface area is 135 Å². The van der Waals surface area contributed by atoms with Crippen molar-refractivity contribution in [2.75, 3.05) is 13.2 Å². The summed E-state index contributed by atoms with van der Waals surface area (Å²) in [6.07, 6.45) is 8.33. The fraction of sp³-hybridized carbons (Fsp3) is 0.667. The molecule has 3 fully saturated rings. The number of hydrogen-bond acceptors (Lipinski definition) is 2. The summed E-state index contributed by atoms with van der Waals surface area (Å²) in [5.41, 5.74) is 0.516. The van der Waals surface area contributed by atoms with E-state index in [4.69, 9.17) is 4.74 Å². The van der Waals surface area contributed by atoms with Crippen molar-refractivity contribution in [2.24, 2.45) is 17.3 Å². The van der Waals surface area contributed by atoms with Crippen molar-refractivity contribution in [3.05, 3.63) is 28.7 Å². The largest absolute Gasteiger partial charge is 0.494 e. The zero-order valence-corrected chi connectivity index (χ0v) is 14.1. The highest BCUT2D eigenvalue weighted by Crippen LogP contribution is 2.61. The molecule has 0 aliphatic heterocycles. The Morgan fingerprint density at radius 2 is 2.05 bits per heavy atom. The van der Waals surface area contributed by atoms with Gasteiger partial charge >= 0.3 is 0 Å². The summed E-state index contributed by atoms with van der Waals surface area (Å²) >= 11 is 3.50. The maximum absolute atomic E-state index is 5.99. The molecule has 1 aromatic carbocycles. The summed E-state index contributed by atoms with van der Waals surface area (Å²) in [6.45, 7) is 2.06. The highest BCUT2D eigenvalue weighted by Gasteiger charge is 2.53.